The zero-order valence-corrected chi connectivity index (χ0v) is 15.9. The molecule has 1 aromatic carbocycles. The lowest BCUT2D eigenvalue weighted by atomic mass is 9.78. The maximum absolute atomic E-state index is 13.6. The van der Waals surface area contributed by atoms with Crippen LogP contribution in [0.2, 0.25) is 0 Å². The number of likely N-dealkylation sites (tertiary alicyclic amines) is 1. The molecule has 0 bridgehead atoms. The van der Waals surface area contributed by atoms with E-state index in [0.29, 0.717) is 17.7 Å². The number of fused-ring (bicyclic) bond motifs is 3. The number of para-hydroxylation sites is 1. The fourth-order valence-corrected chi connectivity index (χ4v) is 5.61. The molecule has 1 amide bonds. The zero-order valence-electron chi connectivity index (χ0n) is 15.9. The van der Waals surface area contributed by atoms with Crippen LogP contribution in [0.1, 0.15) is 62.4 Å². The van der Waals surface area contributed by atoms with Gasteiger partial charge in [0.1, 0.15) is 0 Å². The Kier molecular flexibility index (Phi) is 4.18. The monoisotopic (exact) mass is 364 g/mol. The second-order valence-corrected chi connectivity index (χ2v) is 8.51. The number of amides is 1. The van der Waals surface area contributed by atoms with Crippen molar-refractivity contribution in [3.63, 3.8) is 0 Å². The van der Waals surface area contributed by atoms with Crippen molar-refractivity contribution >= 4 is 11.6 Å². The fraction of sp³-hybridized carbons (Fsp3) is 0.545. The summed E-state index contributed by atoms with van der Waals surface area (Å²) in [5, 5.41) is 3.71. The van der Waals surface area contributed by atoms with Gasteiger partial charge in [-0.3, -0.25) is 4.79 Å². The van der Waals surface area contributed by atoms with Crippen LogP contribution >= 0.6 is 0 Å². The number of imidazole rings is 1. The van der Waals surface area contributed by atoms with Crippen LogP contribution in [0.4, 0.5) is 5.69 Å². The largest absolute Gasteiger partial charge is 0.376 e. The number of aromatic nitrogens is 2. The Bertz CT molecular complexity index is 817. The highest BCUT2D eigenvalue weighted by Gasteiger charge is 2.48. The van der Waals surface area contributed by atoms with Gasteiger partial charge in [-0.15, -0.1) is 0 Å². The Hall–Kier alpha value is -2.30. The minimum absolute atomic E-state index is 0.164. The molecule has 0 unspecified atom stereocenters. The molecule has 1 saturated heterocycles. The molecular weight excluding hydrogens is 336 g/mol. The summed E-state index contributed by atoms with van der Waals surface area (Å²) < 4.78 is 0. The first-order valence-corrected chi connectivity index (χ1v) is 10.4. The highest BCUT2D eigenvalue weighted by Crippen LogP contribution is 2.51. The number of nitrogens with one attached hydrogen (secondary N) is 2. The van der Waals surface area contributed by atoms with Crippen molar-refractivity contribution in [2.45, 2.75) is 51.1 Å². The molecule has 2 fully saturated rings. The average Bonchev–Trinajstić information content (AvgIpc) is 3.37. The van der Waals surface area contributed by atoms with Gasteiger partial charge in [-0.2, -0.15) is 0 Å². The van der Waals surface area contributed by atoms with E-state index in [1.165, 1.54) is 24.8 Å². The van der Waals surface area contributed by atoms with Crippen molar-refractivity contribution in [3.05, 3.63) is 48.0 Å². The maximum atomic E-state index is 13.6. The zero-order chi connectivity index (χ0) is 18.4. The van der Waals surface area contributed by atoms with Crippen LogP contribution < -0.4 is 5.32 Å². The lowest BCUT2D eigenvalue weighted by Crippen LogP contribution is -2.42. The minimum atomic E-state index is 0.164. The quantitative estimate of drug-likeness (QED) is 0.835. The van der Waals surface area contributed by atoms with Crippen molar-refractivity contribution in [2.75, 3.05) is 11.9 Å². The lowest BCUT2D eigenvalue weighted by molar-refractivity contribution is -0.139. The standard InChI is InChI=1S/C22H28N4O/c1-14-6-2-3-7-15(14)22(27)26-11-10-17-20(19-12-23-13-24-19)25-18-9-5-4-8-16(18)21(17)26/h4-5,8-9,12-15,17,20-21,25H,2-3,6-7,10-11H2,1H3,(H,23,24)/t14-,15+,17+,20+,21-/m1/s1. The predicted molar refractivity (Wildman–Crippen MR) is 105 cm³/mol. The minimum Gasteiger partial charge on any atom is -0.376 e. The third kappa shape index (κ3) is 2.75. The predicted octanol–water partition coefficient (Wildman–Crippen LogP) is 4.29. The second kappa shape index (κ2) is 6.70. The first kappa shape index (κ1) is 16.8. The lowest BCUT2D eigenvalue weighted by Gasteiger charge is -2.41. The fourth-order valence-electron chi connectivity index (χ4n) is 5.61. The highest BCUT2D eigenvalue weighted by molar-refractivity contribution is 5.81. The van der Waals surface area contributed by atoms with Crippen LogP contribution in [0.3, 0.4) is 0 Å². The third-order valence-corrected chi connectivity index (χ3v) is 7.03. The van der Waals surface area contributed by atoms with Crippen molar-refractivity contribution < 1.29 is 4.79 Å². The van der Waals surface area contributed by atoms with Crippen LogP contribution in [0, 0.1) is 17.8 Å². The second-order valence-electron chi connectivity index (χ2n) is 8.51. The van der Waals surface area contributed by atoms with Crippen LogP contribution in [-0.2, 0) is 4.79 Å². The molecule has 3 heterocycles. The molecule has 27 heavy (non-hydrogen) atoms. The van der Waals surface area contributed by atoms with Gasteiger partial charge in [0.2, 0.25) is 5.91 Å². The molecule has 5 rings (SSSR count). The first-order valence-electron chi connectivity index (χ1n) is 10.4. The summed E-state index contributed by atoms with van der Waals surface area (Å²) in [4.78, 5) is 23.3. The van der Waals surface area contributed by atoms with Crippen molar-refractivity contribution in [1.29, 1.82) is 0 Å². The van der Waals surface area contributed by atoms with E-state index >= 15 is 0 Å². The summed E-state index contributed by atoms with van der Waals surface area (Å²) >= 11 is 0. The number of nitrogens with zero attached hydrogens (tertiary/aromatic N) is 2. The Labute approximate surface area is 160 Å². The van der Waals surface area contributed by atoms with E-state index in [4.69, 9.17) is 0 Å². The molecule has 3 aliphatic rings. The van der Waals surface area contributed by atoms with Crippen molar-refractivity contribution in [3.8, 4) is 0 Å². The molecule has 5 heteroatoms. The number of benzene rings is 1. The Morgan fingerprint density at radius 2 is 2.04 bits per heavy atom. The summed E-state index contributed by atoms with van der Waals surface area (Å²) in [5.41, 5.74) is 3.53. The SMILES string of the molecule is C[C@@H]1CCCC[C@@H]1C(=O)N1CC[C@H]2[C@@H](c3cnc[nH]3)Nc3ccccc3[C@H]21. The van der Waals surface area contributed by atoms with Crippen molar-refractivity contribution in [1.82, 2.24) is 14.9 Å². The smallest absolute Gasteiger partial charge is 0.226 e. The molecule has 1 aliphatic carbocycles. The number of hydrogen-bond acceptors (Lipinski definition) is 3. The topological polar surface area (TPSA) is 61.0 Å². The Morgan fingerprint density at radius 3 is 2.85 bits per heavy atom. The summed E-state index contributed by atoms with van der Waals surface area (Å²) in [5.74, 6) is 1.47. The Balaban J connectivity index is 1.51. The molecule has 2 N–H and O–H groups in total. The van der Waals surface area contributed by atoms with Gasteiger partial charge in [-0.1, -0.05) is 38.0 Å². The molecule has 0 spiro atoms. The van der Waals surface area contributed by atoms with Gasteiger partial charge in [-0.05, 0) is 36.8 Å². The highest BCUT2D eigenvalue weighted by atomic mass is 16.2. The van der Waals surface area contributed by atoms with E-state index in [2.05, 4.69) is 51.4 Å². The molecule has 5 atom stereocenters. The summed E-state index contributed by atoms with van der Waals surface area (Å²) in [7, 11) is 0. The average molecular weight is 364 g/mol. The summed E-state index contributed by atoms with van der Waals surface area (Å²) in [6, 6.07) is 8.84. The normalized spacial score (nSPS) is 32.5. The number of aromatic amines is 1. The molecule has 1 aromatic heterocycles. The molecule has 5 nitrogen and oxygen atoms in total. The number of H-pyrrole nitrogens is 1. The molecule has 2 aromatic rings. The van der Waals surface area contributed by atoms with Crippen molar-refractivity contribution in [2.24, 2.45) is 17.8 Å². The van der Waals surface area contributed by atoms with Gasteiger partial charge >= 0.3 is 0 Å². The van der Waals surface area contributed by atoms with Crippen LogP contribution in [0.5, 0.6) is 0 Å². The van der Waals surface area contributed by atoms with Gasteiger partial charge in [0, 0.05) is 24.1 Å². The van der Waals surface area contributed by atoms with Gasteiger partial charge < -0.3 is 15.2 Å². The number of carbonyl (C=O) groups is 1. The number of carbonyl (C=O) groups excluding carboxylic acids is 1. The van der Waals surface area contributed by atoms with E-state index in [1.807, 2.05) is 6.20 Å². The van der Waals surface area contributed by atoms with Gasteiger partial charge in [0.05, 0.1) is 30.3 Å². The molecular formula is C22H28N4O. The van der Waals surface area contributed by atoms with Crippen LogP contribution in [0.25, 0.3) is 0 Å². The van der Waals surface area contributed by atoms with Gasteiger partial charge in [0.15, 0.2) is 0 Å². The van der Waals surface area contributed by atoms with Gasteiger partial charge in [-0.25, -0.2) is 4.98 Å². The Morgan fingerprint density at radius 1 is 1.19 bits per heavy atom. The van der Waals surface area contributed by atoms with E-state index < -0.39 is 0 Å². The third-order valence-electron chi connectivity index (χ3n) is 7.03. The molecule has 142 valence electrons. The number of anilines is 1. The molecule has 2 aliphatic heterocycles. The van der Waals surface area contributed by atoms with Crippen LogP contribution in [0.15, 0.2) is 36.8 Å². The molecule has 1 saturated carbocycles. The van der Waals surface area contributed by atoms with E-state index in [-0.39, 0.29) is 18.0 Å². The van der Waals surface area contributed by atoms with E-state index in [1.54, 1.807) is 6.33 Å². The number of rotatable bonds is 2. The molecule has 0 radical (unpaired) electrons. The van der Waals surface area contributed by atoms with E-state index in [9.17, 15) is 4.79 Å². The first-order chi connectivity index (χ1) is 13.2. The van der Waals surface area contributed by atoms with Gasteiger partial charge in [0.25, 0.3) is 0 Å². The van der Waals surface area contributed by atoms with E-state index in [0.717, 1.165) is 30.8 Å². The maximum Gasteiger partial charge on any atom is 0.226 e. The number of hydrogen-bond donors (Lipinski definition) is 2. The summed E-state index contributed by atoms with van der Waals surface area (Å²) in [6.45, 7) is 3.12. The van der Waals surface area contributed by atoms with Crippen LogP contribution in [-0.4, -0.2) is 27.3 Å². The summed E-state index contributed by atoms with van der Waals surface area (Å²) in [6.07, 6.45) is 9.39.